The summed E-state index contributed by atoms with van der Waals surface area (Å²) in [5.74, 6) is -0.490. The standard InChI is InChI=1S/C23H18ClFN2O4S/c1-12-19(22(29)31-3)20(13-7-9-14(30-2)10-8-13)27-21(28)18(32-23(27)26-12)11-15-16(24)5-4-6-17(15)25/h4-11,20H,1-3H3/b18-11+. The molecular formula is C23H18ClFN2O4S. The van der Waals surface area contributed by atoms with E-state index in [2.05, 4.69) is 4.99 Å². The quantitative estimate of drug-likeness (QED) is 0.547. The lowest BCUT2D eigenvalue weighted by Crippen LogP contribution is -2.39. The summed E-state index contributed by atoms with van der Waals surface area (Å²) in [7, 11) is 2.83. The molecule has 0 aliphatic carbocycles. The molecule has 1 aromatic heterocycles. The van der Waals surface area contributed by atoms with Gasteiger partial charge in [-0.3, -0.25) is 9.36 Å². The monoisotopic (exact) mass is 472 g/mol. The Bertz CT molecular complexity index is 1400. The second-order valence-electron chi connectivity index (χ2n) is 6.98. The SMILES string of the molecule is COC(=O)C1=C(C)N=c2s/c(=C/c3c(F)cccc3Cl)c(=O)n2C1c1ccc(OC)cc1. The van der Waals surface area contributed by atoms with Crippen molar-refractivity contribution in [2.24, 2.45) is 4.99 Å². The van der Waals surface area contributed by atoms with E-state index >= 15 is 0 Å². The van der Waals surface area contributed by atoms with Gasteiger partial charge in [-0.05, 0) is 42.8 Å². The van der Waals surface area contributed by atoms with E-state index in [4.69, 9.17) is 21.1 Å². The number of halogens is 2. The van der Waals surface area contributed by atoms with Crippen LogP contribution in [0.15, 0.2) is 63.5 Å². The summed E-state index contributed by atoms with van der Waals surface area (Å²) in [5, 5.41) is 0.189. The summed E-state index contributed by atoms with van der Waals surface area (Å²) in [4.78, 5) is 30.9. The minimum atomic E-state index is -0.761. The van der Waals surface area contributed by atoms with Gasteiger partial charge in [-0.2, -0.15) is 0 Å². The first kappa shape index (κ1) is 22.0. The zero-order chi connectivity index (χ0) is 23.0. The number of benzene rings is 2. The Hall–Kier alpha value is -3.23. The molecule has 0 saturated heterocycles. The summed E-state index contributed by atoms with van der Waals surface area (Å²) < 4.78 is 26.2. The highest BCUT2D eigenvalue weighted by Crippen LogP contribution is 2.31. The van der Waals surface area contributed by atoms with Crippen LogP contribution in [0.5, 0.6) is 5.75 Å². The average Bonchev–Trinajstić information content (AvgIpc) is 3.09. The molecule has 1 aliphatic heterocycles. The van der Waals surface area contributed by atoms with Crippen molar-refractivity contribution in [2.45, 2.75) is 13.0 Å². The number of carbonyl (C=O) groups is 1. The first-order valence-electron chi connectivity index (χ1n) is 9.54. The first-order chi connectivity index (χ1) is 15.3. The fraction of sp³-hybridized carbons (Fsp3) is 0.174. The fourth-order valence-electron chi connectivity index (χ4n) is 3.57. The molecule has 0 radical (unpaired) electrons. The van der Waals surface area contributed by atoms with Crippen LogP contribution in [0.25, 0.3) is 6.08 Å². The Balaban J connectivity index is 1.99. The normalized spacial score (nSPS) is 15.9. The van der Waals surface area contributed by atoms with Crippen molar-refractivity contribution >= 4 is 35.0 Å². The molecule has 1 unspecified atom stereocenters. The number of aromatic nitrogens is 1. The molecule has 2 heterocycles. The predicted molar refractivity (Wildman–Crippen MR) is 120 cm³/mol. The number of fused-ring (bicyclic) bond motifs is 1. The van der Waals surface area contributed by atoms with Crippen LogP contribution in [0.2, 0.25) is 5.02 Å². The summed E-state index contributed by atoms with van der Waals surface area (Å²) in [6, 6.07) is 10.6. The molecule has 0 bridgehead atoms. The van der Waals surface area contributed by atoms with Crippen LogP contribution < -0.4 is 19.6 Å². The molecule has 1 aliphatic rings. The number of carbonyl (C=O) groups excluding carboxylic acids is 1. The van der Waals surface area contributed by atoms with Crippen LogP contribution >= 0.6 is 22.9 Å². The molecule has 2 aromatic carbocycles. The third-order valence-corrected chi connectivity index (χ3v) is 6.45. The number of ether oxygens (including phenoxy) is 2. The van der Waals surface area contributed by atoms with E-state index < -0.39 is 23.4 Å². The predicted octanol–water partition coefficient (Wildman–Crippen LogP) is 3.21. The topological polar surface area (TPSA) is 69.9 Å². The lowest BCUT2D eigenvalue weighted by Gasteiger charge is -2.24. The van der Waals surface area contributed by atoms with Gasteiger partial charge >= 0.3 is 5.97 Å². The number of hydrogen-bond acceptors (Lipinski definition) is 6. The van der Waals surface area contributed by atoms with Crippen molar-refractivity contribution in [1.82, 2.24) is 4.57 Å². The lowest BCUT2D eigenvalue weighted by molar-refractivity contribution is -0.136. The Morgan fingerprint density at radius 2 is 1.94 bits per heavy atom. The Morgan fingerprint density at radius 1 is 1.22 bits per heavy atom. The first-order valence-corrected chi connectivity index (χ1v) is 10.7. The summed E-state index contributed by atoms with van der Waals surface area (Å²) in [6.07, 6.45) is 1.41. The van der Waals surface area contributed by atoms with E-state index in [9.17, 15) is 14.0 Å². The molecule has 0 saturated carbocycles. The van der Waals surface area contributed by atoms with Gasteiger partial charge in [0.05, 0.1) is 41.1 Å². The molecule has 32 heavy (non-hydrogen) atoms. The number of nitrogens with zero attached hydrogens (tertiary/aromatic N) is 2. The van der Waals surface area contributed by atoms with Crippen molar-refractivity contribution < 1.29 is 18.7 Å². The Morgan fingerprint density at radius 3 is 2.56 bits per heavy atom. The van der Waals surface area contributed by atoms with Crippen LogP contribution in [0.4, 0.5) is 4.39 Å². The van der Waals surface area contributed by atoms with Crippen molar-refractivity contribution in [3.8, 4) is 5.75 Å². The molecule has 4 rings (SSSR count). The van der Waals surface area contributed by atoms with Crippen molar-refractivity contribution in [3.63, 3.8) is 0 Å². The molecule has 0 N–H and O–H groups in total. The van der Waals surface area contributed by atoms with Gasteiger partial charge in [-0.25, -0.2) is 14.2 Å². The van der Waals surface area contributed by atoms with Gasteiger partial charge in [0.2, 0.25) is 0 Å². The number of rotatable bonds is 4. The minimum absolute atomic E-state index is 0.115. The fourth-order valence-corrected chi connectivity index (χ4v) is 4.82. The second kappa shape index (κ2) is 8.72. The summed E-state index contributed by atoms with van der Waals surface area (Å²) >= 11 is 7.24. The molecule has 0 fully saturated rings. The van der Waals surface area contributed by atoms with Crippen LogP contribution in [0.1, 0.15) is 24.1 Å². The van der Waals surface area contributed by atoms with Gasteiger partial charge in [0, 0.05) is 5.56 Å². The Kier molecular flexibility index (Phi) is 5.99. The molecular weight excluding hydrogens is 455 g/mol. The maximum atomic E-state index is 14.3. The van der Waals surface area contributed by atoms with Gasteiger partial charge in [-0.1, -0.05) is 41.1 Å². The zero-order valence-corrected chi connectivity index (χ0v) is 19.0. The number of allylic oxidation sites excluding steroid dienone is 1. The third kappa shape index (κ3) is 3.76. The molecule has 0 spiro atoms. The molecule has 3 aromatic rings. The van der Waals surface area contributed by atoms with Crippen LogP contribution in [0.3, 0.4) is 0 Å². The smallest absolute Gasteiger partial charge is 0.338 e. The van der Waals surface area contributed by atoms with Gasteiger partial charge in [0.1, 0.15) is 11.6 Å². The van der Waals surface area contributed by atoms with E-state index in [1.807, 2.05) is 0 Å². The van der Waals surface area contributed by atoms with E-state index in [1.165, 1.54) is 29.9 Å². The lowest BCUT2D eigenvalue weighted by atomic mass is 9.96. The van der Waals surface area contributed by atoms with E-state index in [0.29, 0.717) is 21.8 Å². The van der Waals surface area contributed by atoms with Crippen molar-refractivity contribution in [1.29, 1.82) is 0 Å². The average molecular weight is 473 g/mol. The summed E-state index contributed by atoms with van der Waals surface area (Å²) in [6.45, 7) is 1.69. The van der Waals surface area contributed by atoms with Crippen LogP contribution in [0, 0.1) is 5.82 Å². The zero-order valence-electron chi connectivity index (χ0n) is 17.4. The number of esters is 1. The summed E-state index contributed by atoms with van der Waals surface area (Å²) in [5.41, 5.74) is 1.07. The Labute approximate surface area is 191 Å². The third-order valence-electron chi connectivity index (χ3n) is 5.13. The van der Waals surface area contributed by atoms with Crippen LogP contribution in [-0.2, 0) is 9.53 Å². The van der Waals surface area contributed by atoms with Crippen molar-refractivity contribution in [2.75, 3.05) is 14.2 Å². The van der Waals surface area contributed by atoms with E-state index in [-0.39, 0.29) is 20.7 Å². The van der Waals surface area contributed by atoms with Crippen molar-refractivity contribution in [3.05, 3.63) is 95.4 Å². The molecule has 0 amide bonds. The van der Waals surface area contributed by atoms with Gasteiger partial charge in [0.15, 0.2) is 4.80 Å². The maximum Gasteiger partial charge on any atom is 0.338 e. The molecule has 9 heteroatoms. The minimum Gasteiger partial charge on any atom is -0.497 e. The van der Waals surface area contributed by atoms with Gasteiger partial charge < -0.3 is 9.47 Å². The second-order valence-corrected chi connectivity index (χ2v) is 8.40. The number of thiazole rings is 1. The highest BCUT2D eigenvalue weighted by molar-refractivity contribution is 7.07. The highest BCUT2D eigenvalue weighted by Gasteiger charge is 2.33. The number of methoxy groups -OCH3 is 2. The highest BCUT2D eigenvalue weighted by atomic mass is 35.5. The molecule has 164 valence electrons. The van der Waals surface area contributed by atoms with Gasteiger partial charge in [-0.15, -0.1) is 0 Å². The van der Waals surface area contributed by atoms with Crippen LogP contribution in [-0.4, -0.2) is 24.8 Å². The largest absolute Gasteiger partial charge is 0.497 e. The van der Waals surface area contributed by atoms with E-state index in [1.54, 1.807) is 44.4 Å². The molecule has 1 atom stereocenters. The van der Waals surface area contributed by atoms with Gasteiger partial charge in [0.25, 0.3) is 5.56 Å². The number of hydrogen-bond donors (Lipinski definition) is 0. The van der Waals surface area contributed by atoms with E-state index in [0.717, 1.165) is 11.3 Å². The maximum absolute atomic E-state index is 14.3. The molecule has 6 nitrogen and oxygen atoms in total.